The van der Waals surface area contributed by atoms with Crippen molar-refractivity contribution in [2.75, 3.05) is 6.54 Å². The molecular formula is C24H26N2O2. The van der Waals surface area contributed by atoms with Crippen LogP contribution in [0.2, 0.25) is 0 Å². The van der Waals surface area contributed by atoms with E-state index in [9.17, 15) is 9.59 Å². The third kappa shape index (κ3) is 3.72. The van der Waals surface area contributed by atoms with Crippen LogP contribution in [0.3, 0.4) is 0 Å². The van der Waals surface area contributed by atoms with Gasteiger partial charge >= 0.3 is 0 Å². The van der Waals surface area contributed by atoms with Crippen molar-refractivity contribution in [2.45, 2.75) is 37.8 Å². The molecule has 0 aromatic heterocycles. The van der Waals surface area contributed by atoms with Crippen LogP contribution in [0.5, 0.6) is 0 Å². The highest BCUT2D eigenvalue weighted by Gasteiger charge is 2.47. The lowest BCUT2D eigenvalue weighted by atomic mass is 9.98. The Morgan fingerprint density at radius 1 is 1.04 bits per heavy atom. The highest BCUT2D eigenvalue weighted by atomic mass is 16.2. The molecule has 2 aliphatic rings. The van der Waals surface area contributed by atoms with Gasteiger partial charge in [-0.1, -0.05) is 60.7 Å². The summed E-state index contributed by atoms with van der Waals surface area (Å²) < 4.78 is 0. The summed E-state index contributed by atoms with van der Waals surface area (Å²) in [5.41, 5.74) is 0.762. The molecule has 0 spiro atoms. The average molecular weight is 374 g/mol. The largest absolute Gasteiger partial charge is 0.353 e. The van der Waals surface area contributed by atoms with Crippen molar-refractivity contribution in [3.8, 4) is 0 Å². The van der Waals surface area contributed by atoms with Gasteiger partial charge in [-0.2, -0.15) is 0 Å². The molecule has 0 unspecified atom stereocenters. The van der Waals surface area contributed by atoms with Crippen molar-refractivity contribution in [3.63, 3.8) is 0 Å². The zero-order valence-corrected chi connectivity index (χ0v) is 16.2. The van der Waals surface area contributed by atoms with Crippen LogP contribution in [0.15, 0.2) is 72.8 Å². The summed E-state index contributed by atoms with van der Waals surface area (Å²) in [5, 5.41) is 3.06. The third-order valence-corrected chi connectivity index (χ3v) is 5.71. The fourth-order valence-electron chi connectivity index (χ4n) is 3.83. The van der Waals surface area contributed by atoms with Crippen LogP contribution in [0, 0.1) is 5.92 Å². The maximum absolute atomic E-state index is 13.4. The van der Waals surface area contributed by atoms with Crippen LogP contribution >= 0.6 is 0 Å². The molecule has 2 amide bonds. The van der Waals surface area contributed by atoms with Crippen molar-refractivity contribution in [3.05, 3.63) is 83.9 Å². The van der Waals surface area contributed by atoms with Gasteiger partial charge in [0.05, 0.1) is 6.04 Å². The summed E-state index contributed by atoms with van der Waals surface area (Å²) in [4.78, 5) is 28.3. The fraction of sp³-hybridized carbons (Fsp3) is 0.333. The molecule has 1 N–H and O–H groups in total. The predicted octanol–water partition coefficient (Wildman–Crippen LogP) is 3.59. The second-order valence-electron chi connectivity index (χ2n) is 7.96. The van der Waals surface area contributed by atoms with E-state index in [0.29, 0.717) is 24.4 Å². The Kier molecular flexibility index (Phi) is 5.03. The zero-order valence-electron chi connectivity index (χ0n) is 16.2. The summed E-state index contributed by atoms with van der Waals surface area (Å²) in [6.07, 6.45) is 6.93. The van der Waals surface area contributed by atoms with Gasteiger partial charge < -0.3 is 10.2 Å². The lowest BCUT2D eigenvalue weighted by Crippen LogP contribution is -2.58. The van der Waals surface area contributed by atoms with Crippen LogP contribution in [0.1, 0.15) is 35.7 Å². The molecule has 28 heavy (non-hydrogen) atoms. The summed E-state index contributed by atoms with van der Waals surface area (Å²) in [6, 6.07) is 19.2. The van der Waals surface area contributed by atoms with E-state index in [4.69, 9.17) is 0 Å². The minimum absolute atomic E-state index is 0.101. The Bertz CT molecular complexity index is 874. The van der Waals surface area contributed by atoms with Crippen molar-refractivity contribution >= 4 is 11.8 Å². The molecule has 144 valence electrons. The van der Waals surface area contributed by atoms with E-state index in [1.165, 1.54) is 12.8 Å². The van der Waals surface area contributed by atoms with Crippen LogP contribution in [-0.2, 0) is 11.2 Å². The molecule has 0 bridgehead atoms. The van der Waals surface area contributed by atoms with E-state index in [1.54, 1.807) is 4.90 Å². The lowest BCUT2D eigenvalue weighted by molar-refractivity contribution is -0.128. The second kappa shape index (κ2) is 7.63. The molecule has 1 heterocycles. The predicted molar refractivity (Wildman–Crippen MR) is 110 cm³/mol. The van der Waals surface area contributed by atoms with Crippen LogP contribution in [0.25, 0.3) is 0 Å². The molecule has 4 rings (SSSR count). The van der Waals surface area contributed by atoms with Crippen LogP contribution in [0.4, 0.5) is 0 Å². The minimum Gasteiger partial charge on any atom is -0.353 e. The summed E-state index contributed by atoms with van der Waals surface area (Å²) in [5.74, 6) is 0.377. The number of carbonyl (C=O) groups is 2. The van der Waals surface area contributed by atoms with Crippen LogP contribution in [-0.4, -0.2) is 34.8 Å². The maximum atomic E-state index is 13.4. The van der Waals surface area contributed by atoms with E-state index in [2.05, 4.69) is 17.4 Å². The molecule has 2 aromatic rings. The number of benzene rings is 2. The van der Waals surface area contributed by atoms with Crippen molar-refractivity contribution in [1.82, 2.24) is 10.2 Å². The highest BCUT2D eigenvalue weighted by Crippen LogP contribution is 2.33. The molecule has 4 heteroatoms. The first-order valence-electron chi connectivity index (χ1n) is 9.98. The molecule has 1 aliphatic heterocycles. The molecule has 4 nitrogen and oxygen atoms in total. The quantitative estimate of drug-likeness (QED) is 0.786. The Balaban J connectivity index is 1.62. The first kappa shape index (κ1) is 18.5. The van der Waals surface area contributed by atoms with Crippen molar-refractivity contribution in [2.24, 2.45) is 5.92 Å². The van der Waals surface area contributed by atoms with Gasteiger partial charge in [0.25, 0.3) is 5.91 Å². The second-order valence-corrected chi connectivity index (χ2v) is 7.96. The first-order valence-corrected chi connectivity index (χ1v) is 9.98. The van der Waals surface area contributed by atoms with Gasteiger partial charge in [-0.15, -0.1) is 0 Å². The number of amides is 2. The Morgan fingerprint density at radius 3 is 2.32 bits per heavy atom. The highest BCUT2D eigenvalue weighted by molar-refractivity contribution is 6.01. The van der Waals surface area contributed by atoms with Gasteiger partial charge in [0.15, 0.2) is 0 Å². The van der Waals surface area contributed by atoms with Gasteiger partial charge in [0, 0.05) is 12.1 Å². The van der Waals surface area contributed by atoms with E-state index >= 15 is 0 Å². The molecule has 1 fully saturated rings. The Labute approximate surface area is 166 Å². The minimum atomic E-state index is -0.985. The smallest absolute Gasteiger partial charge is 0.255 e. The molecule has 2 aromatic carbocycles. The summed E-state index contributed by atoms with van der Waals surface area (Å²) >= 11 is 0. The molecule has 1 aliphatic carbocycles. The van der Waals surface area contributed by atoms with Crippen molar-refractivity contribution < 1.29 is 9.59 Å². The normalized spacial score (nSPS) is 23.6. The van der Waals surface area contributed by atoms with E-state index in [1.807, 2.05) is 67.6 Å². The molecule has 1 saturated carbocycles. The van der Waals surface area contributed by atoms with Gasteiger partial charge in [-0.05, 0) is 49.8 Å². The monoisotopic (exact) mass is 374 g/mol. The number of nitrogens with zero attached hydrogens (tertiary/aromatic N) is 1. The molecular weight excluding hydrogens is 348 g/mol. The van der Waals surface area contributed by atoms with Gasteiger partial charge in [0.2, 0.25) is 5.91 Å². The molecule has 2 atom stereocenters. The number of hydrogen-bond acceptors (Lipinski definition) is 2. The number of carbonyl (C=O) groups excluding carboxylic acids is 2. The number of rotatable bonds is 6. The van der Waals surface area contributed by atoms with Gasteiger partial charge in [-0.25, -0.2) is 0 Å². The Morgan fingerprint density at radius 2 is 1.68 bits per heavy atom. The van der Waals surface area contributed by atoms with E-state index in [0.717, 1.165) is 5.56 Å². The summed E-state index contributed by atoms with van der Waals surface area (Å²) in [7, 11) is 0. The zero-order chi connectivity index (χ0) is 19.6. The number of nitrogens with one attached hydrogen (secondary N) is 1. The first-order chi connectivity index (χ1) is 13.6. The van der Waals surface area contributed by atoms with Crippen LogP contribution < -0.4 is 5.32 Å². The third-order valence-electron chi connectivity index (χ3n) is 5.71. The molecule has 0 saturated heterocycles. The van der Waals surface area contributed by atoms with Gasteiger partial charge in [-0.3, -0.25) is 9.59 Å². The average Bonchev–Trinajstić information content (AvgIpc) is 3.50. The van der Waals surface area contributed by atoms with E-state index in [-0.39, 0.29) is 17.9 Å². The fourth-order valence-corrected chi connectivity index (χ4v) is 3.83. The van der Waals surface area contributed by atoms with Crippen molar-refractivity contribution in [1.29, 1.82) is 0 Å². The summed E-state index contributed by atoms with van der Waals surface area (Å²) in [6.45, 7) is 2.54. The standard InChI is InChI=1S/C24H26N2O2/c1-24(23(28)25-17-19-12-13-19)15-14-21(16-18-8-4-2-5-9-18)26(24)22(27)20-10-6-3-7-11-20/h2-11,14-15,19,21H,12-13,16-17H2,1H3,(H,25,28)/t21-,24+/m0/s1. The van der Waals surface area contributed by atoms with E-state index < -0.39 is 5.54 Å². The number of hydrogen-bond donors (Lipinski definition) is 1. The lowest BCUT2D eigenvalue weighted by Gasteiger charge is -2.37. The topological polar surface area (TPSA) is 49.4 Å². The molecule has 0 radical (unpaired) electrons. The maximum Gasteiger partial charge on any atom is 0.255 e. The SMILES string of the molecule is C[C@]1(C(=O)NCC2CC2)C=C[C@@H](Cc2ccccc2)N1C(=O)c1ccccc1. The Hall–Kier alpha value is -2.88. The van der Waals surface area contributed by atoms with Gasteiger partial charge in [0.1, 0.15) is 5.54 Å².